The molecule has 0 aliphatic rings. The Morgan fingerprint density at radius 2 is 0.906 bits per heavy atom. The van der Waals surface area contributed by atoms with Crippen molar-refractivity contribution in [3.8, 4) is 44.6 Å². The third kappa shape index (κ3) is 11.0. The van der Waals surface area contributed by atoms with Crippen LogP contribution in [0.4, 0.5) is 0 Å². The van der Waals surface area contributed by atoms with E-state index in [0.29, 0.717) is 0 Å². The van der Waals surface area contributed by atoms with Gasteiger partial charge in [0.25, 0.3) is 0 Å². The first-order chi connectivity index (χ1) is 26.1. The maximum absolute atomic E-state index is 4.82. The first kappa shape index (κ1) is 40.2. The number of thiophene rings is 4. The first-order valence-corrected chi connectivity index (χ1v) is 24.4. The van der Waals surface area contributed by atoms with Crippen molar-refractivity contribution >= 4 is 86.9 Å². The van der Waals surface area contributed by atoms with Crippen LogP contribution < -0.4 is 0 Å². The maximum atomic E-state index is 4.82. The van der Waals surface area contributed by atoms with Crippen molar-refractivity contribution in [1.82, 2.24) is 8.75 Å². The SMILES string of the molecule is CCCCCCC(CC#Cc1cc2sc(-c3ccc(-c4cc5sc(C#CCC(CCCC)CCCCCC)cc5s4)c4nsnc34)cc2s1)CCCC. The highest BCUT2D eigenvalue weighted by Crippen LogP contribution is 2.44. The predicted octanol–water partition coefficient (Wildman–Crippen LogP) is 16.6. The van der Waals surface area contributed by atoms with Gasteiger partial charge in [-0.25, -0.2) is 0 Å². The van der Waals surface area contributed by atoms with E-state index in [-0.39, 0.29) is 0 Å². The van der Waals surface area contributed by atoms with Gasteiger partial charge in [-0.2, -0.15) is 8.75 Å². The molecule has 7 heteroatoms. The van der Waals surface area contributed by atoms with E-state index in [1.807, 2.05) is 45.3 Å². The van der Waals surface area contributed by atoms with Crippen LogP contribution in [0.2, 0.25) is 0 Å². The molecule has 1 aromatic carbocycles. The summed E-state index contributed by atoms with van der Waals surface area (Å²) in [6, 6.07) is 13.8. The molecule has 0 amide bonds. The Morgan fingerprint density at radius 1 is 0.491 bits per heavy atom. The fourth-order valence-electron chi connectivity index (χ4n) is 7.29. The number of hydrogen-bond donors (Lipinski definition) is 0. The molecule has 5 heterocycles. The molecular weight excluding hydrogens is 741 g/mol. The van der Waals surface area contributed by atoms with E-state index in [0.717, 1.165) is 35.7 Å². The molecular formula is C46H56N2S5. The fraction of sp³-hybridized carbons (Fsp3) is 0.522. The van der Waals surface area contributed by atoms with Gasteiger partial charge < -0.3 is 0 Å². The van der Waals surface area contributed by atoms with Gasteiger partial charge in [0.15, 0.2) is 0 Å². The van der Waals surface area contributed by atoms with E-state index in [1.54, 1.807) is 0 Å². The summed E-state index contributed by atoms with van der Waals surface area (Å²) < 4.78 is 14.9. The van der Waals surface area contributed by atoms with Gasteiger partial charge in [0.2, 0.25) is 0 Å². The monoisotopic (exact) mass is 796 g/mol. The van der Waals surface area contributed by atoms with Crippen molar-refractivity contribution in [3.63, 3.8) is 0 Å². The Labute approximate surface area is 339 Å². The van der Waals surface area contributed by atoms with Crippen LogP contribution in [0.25, 0.3) is 50.7 Å². The van der Waals surface area contributed by atoms with Gasteiger partial charge in [0, 0.05) is 52.5 Å². The lowest BCUT2D eigenvalue weighted by atomic mass is 9.92. The number of hydrogen-bond acceptors (Lipinski definition) is 7. The minimum atomic E-state index is 0.745. The molecule has 0 radical (unpaired) electrons. The van der Waals surface area contributed by atoms with Gasteiger partial charge in [0.1, 0.15) is 11.0 Å². The van der Waals surface area contributed by atoms with Crippen LogP contribution in [-0.2, 0) is 0 Å². The number of unbranched alkanes of at least 4 members (excludes halogenated alkanes) is 8. The van der Waals surface area contributed by atoms with Gasteiger partial charge in [-0.15, -0.1) is 45.3 Å². The number of nitrogens with zero attached hydrogens (tertiary/aromatic N) is 2. The van der Waals surface area contributed by atoms with Crippen LogP contribution >= 0.6 is 57.1 Å². The topological polar surface area (TPSA) is 25.8 Å². The van der Waals surface area contributed by atoms with E-state index < -0.39 is 0 Å². The molecule has 280 valence electrons. The Morgan fingerprint density at radius 3 is 1.32 bits per heavy atom. The third-order valence-corrected chi connectivity index (χ3v) is 15.4. The molecule has 0 saturated carbocycles. The van der Waals surface area contributed by atoms with Gasteiger partial charge in [0.05, 0.1) is 21.5 Å². The van der Waals surface area contributed by atoms with Crippen molar-refractivity contribution in [1.29, 1.82) is 0 Å². The Hall–Kier alpha value is -2.52. The summed E-state index contributed by atoms with van der Waals surface area (Å²) in [5.41, 5.74) is 4.38. The lowest BCUT2D eigenvalue weighted by Gasteiger charge is -2.13. The molecule has 0 spiro atoms. The highest BCUT2D eigenvalue weighted by atomic mass is 32.1. The fourth-order valence-corrected chi connectivity index (χ4v) is 12.5. The molecule has 0 saturated heterocycles. The lowest BCUT2D eigenvalue weighted by molar-refractivity contribution is 0.420. The first-order valence-electron chi connectivity index (χ1n) is 20.4. The smallest absolute Gasteiger partial charge is 0.114 e. The largest absolute Gasteiger partial charge is 0.172 e. The summed E-state index contributed by atoms with van der Waals surface area (Å²) >= 11 is 8.68. The average Bonchev–Trinajstić information content (AvgIpc) is 3.99. The molecule has 2 atom stereocenters. The van der Waals surface area contributed by atoms with Crippen LogP contribution in [0.5, 0.6) is 0 Å². The Kier molecular flexibility index (Phi) is 15.9. The zero-order valence-corrected chi connectivity index (χ0v) is 36.4. The molecule has 0 bridgehead atoms. The van der Waals surface area contributed by atoms with Gasteiger partial charge in [-0.1, -0.05) is 141 Å². The van der Waals surface area contributed by atoms with Gasteiger partial charge in [-0.05, 0) is 61.8 Å². The summed E-state index contributed by atoms with van der Waals surface area (Å²) in [5, 5.41) is 0. The quantitative estimate of drug-likeness (QED) is 0.0568. The molecule has 0 aliphatic heterocycles. The Bertz CT molecular complexity index is 1930. The second-order valence-electron chi connectivity index (χ2n) is 14.7. The summed E-state index contributed by atoms with van der Waals surface area (Å²) in [4.78, 5) is 4.90. The second-order valence-corrected chi connectivity index (χ2v) is 19.6. The van der Waals surface area contributed by atoms with Crippen molar-refractivity contribution in [2.24, 2.45) is 11.8 Å². The molecule has 2 unspecified atom stereocenters. The zero-order valence-electron chi connectivity index (χ0n) is 32.3. The molecule has 53 heavy (non-hydrogen) atoms. The average molecular weight is 797 g/mol. The van der Waals surface area contributed by atoms with Crippen LogP contribution in [0.3, 0.4) is 0 Å². The molecule has 0 aliphatic carbocycles. The zero-order chi connectivity index (χ0) is 36.8. The lowest BCUT2D eigenvalue weighted by Crippen LogP contribution is -1.99. The van der Waals surface area contributed by atoms with Crippen LogP contribution in [0.1, 0.15) is 153 Å². The molecule has 5 aromatic heterocycles. The van der Waals surface area contributed by atoms with E-state index >= 15 is 0 Å². The minimum absolute atomic E-state index is 0.745. The summed E-state index contributed by atoms with van der Waals surface area (Å²) in [6.07, 6.45) is 23.3. The summed E-state index contributed by atoms with van der Waals surface area (Å²) in [5.74, 6) is 15.7. The van der Waals surface area contributed by atoms with Crippen molar-refractivity contribution in [2.45, 2.75) is 143 Å². The number of benzene rings is 1. The molecule has 6 rings (SSSR count). The molecule has 2 nitrogen and oxygen atoms in total. The Balaban J connectivity index is 1.12. The van der Waals surface area contributed by atoms with Crippen molar-refractivity contribution in [3.05, 3.63) is 46.2 Å². The highest BCUT2D eigenvalue weighted by molar-refractivity contribution is 7.30. The molecule has 0 fully saturated rings. The van der Waals surface area contributed by atoms with E-state index in [9.17, 15) is 0 Å². The van der Waals surface area contributed by atoms with Gasteiger partial charge in [-0.3, -0.25) is 0 Å². The minimum Gasteiger partial charge on any atom is -0.172 e. The van der Waals surface area contributed by atoms with Crippen molar-refractivity contribution < 1.29 is 0 Å². The van der Waals surface area contributed by atoms with Crippen molar-refractivity contribution in [2.75, 3.05) is 0 Å². The normalized spacial score (nSPS) is 12.7. The molecule has 0 N–H and O–H groups in total. The third-order valence-electron chi connectivity index (χ3n) is 10.4. The number of rotatable bonds is 20. The maximum Gasteiger partial charge on any atom is 0.114 e. The van der Waals surface area contributed by atoms with E-state index in [1.165, 1.54) is 164 Å². The second kappa shape index (κ2) is 21.0. The number of aromatic nitrogens is 2. The van der Waals surface area contributed by atoms with Crippen LogP contribution in [0.15, 0.2) is 36.4 Å². The van der Waals surface area contributed by atoms with Gasteiger partial charge >= 0.3 is 0 Å². The van der Waals surface area contributed by atoms with Crippen LogP contribution in [-0.4, -0.2) is 8.75 Å². The highest BCUT2D eigenvalue weighted by Gasteiger charge is 2.18. The standard InChI is InChI=1S/C46H56N2S5/c1-5-9-13-15-21-33(19-11-7-3)23-17-25-35-29-41-43(49-35)31-39(51-41)37-27-28-38(46-45(37)47-53-48-46)40-32-44-42(52-40)30-36(50-44)26-18-24-34(20-12-8-4)22-16-14-10-6-2/h27-34H,5-16,19-24H2,1-4H3. The molecule has 6 aromatic rings. The number of fused-ring (bicyclic) bond motifs is 3. The summed E-state index contributed by atoms with van der Waals surface area (Å²) in [7, 11) is 0. The predicted molar refractivity (Wildman–Crippen MR) is 241 cm³/mol. The van der Waals surface area contributed by atoms with E-state index in [2.05, 4.69) is 87.8 Å². The van der Waals surface area contributed by atoms with Crippen LogP contribution in [0, 0.1) is 35.5 Å². The van der Waals surface area contributed by atoms with E-state index in [4.69, 9.17) is 8.75 Å². The summed E-state index contributed by atoms with van der Waals surface area (Å²) in [6.45, 7) is 9.18.